The molecule has 0 N–H and O–H groups in total. The van der Waals surface area contributed by atoms with Crippen molar-refractivity contribution in [2.75, 3.05) is 6.61 Å². The number of hydrogen-bond acceptors (Lipinski definition) is 4. The van der Waals surface area contributed by atoms with Crippen LogP contribution in [0.5, 0.6) is 0 Å². The van der Waals surface area contributed by atoms with Crippen molar-refractivity contribution in [2.45, 2.75) is 18.7 Å². The van der Waals surface area contributed by atoms with E-state index in [1.54, 1.807) is 0 Å². The maximum absolute atomic E-state index is 11.7. The summed E-state index contributed by atoms with van der Waals surface area (Å²) < 4.78 is 27.3. The van der Waals surface area contributed by atoms with Gasteiger partial charge in [0.2, 0.25) is 0 Å². The molecule has 0 aliphatic rings. The molecule has 7 heteroatoms. The van der Waals surface area contributed by atoms with Crippen LogP contribution in [0, 0.1) is 5.92 Å². The first-order valence-corrected chi connectivity index (χ1v) is 7.82. The van der Waals surface area contributed by atoms with Crippen molar-refractivity contribution in [3.05, 3.63) is 28.8 Å². The molecule has 0 unspecified atom stereocenters. The number of halogens is 2. The first kappa shape index (κ1) is 15.3. The van der Waals surface area contributed by atoms with E-state index in [9.17, 15) is 13.2 Å². The third kappa shape index (κ3) is 4.15. The molecular weight excluding hydrogens is 299 g/mol. The van der Waals surface area contributed by atoms with Gasteiger partial charge < -0.3 is 4.74 Å². The average Bonchev–Trinajstić information content (AvgIpc) is 2.24. The zero-order valence-corrected chi connectivity index (χ0v) is 12.1. The molecule has 4 nitrogen and oxygen atoms in total. The van der Waals surface area contributed by atoms with Crippen LogP contribution < -0.4 is 0 Å². The summed E-state index contributed by atoms with van der Waals surface area (Å²) in [6.45, 7) is 4.00. The minimum atomic E-state index is -3.90. The van der Waals surface area contributed by atoms with Crippen LogP contribution >= 0.6 is 22.3 Å². The fraction of sp³-hybridized carbons (Fsp3) is 0.364. The minimum absolute atomic E-state index is 0.0148. The van der Waals surface area contributed by atoms with Crippen LogP contribution in [0.1, 0.15) is 24.2 Å². The number of hydrogen-bond donors (Lipinski definition) is 0. The second-order valence-corrected chi connectivity index (χ2v) is 7.04. The molecule has 0 saturated heterocycles. The van der Waals surface area contributed by atoms with E-state index in [0.717, 1.165) is 6.07 Å². The Hall–Kier alpha value is -0.780. The predicted octanol–water partition coefficient (Wildman–Crippen LogP) is 3.08. The number of ether oxygens (including phenoxy) is 1. The van der Waals surface area contributed by atoms with Crippen molar-refractivity contribution in [2.24, 2.45) is 5.92 Å². The molecule has 0 bridgehead atoms. The van der Waals surface area contributed by atoms with Crippen molar-refractivity contribution in [1.29, 1.82) is 0 Å². The molecule has 100 valence electrons. The van der Waals surface area contributed by atoms with Gasteiger partial charge in [0.1, 0.15) is 0 Å². The summed E-state index contributed by atoms with van der Waals surface area (Å²) in [5.41, 5.74) is -0.0148. The van der Waals surface area contributed by atoms with Gasteiger partial charge in [0.15, 0.2) is 0 Å². The molecule has 0 atom stereocenters. The van der Waals surface area contributed by atoms with E-state index in [2.05, 4.69) is 0 Å². The summed E-state index contributed by atoms with van der Waals surface area (Å²) in [4.78, 5) is 11.5. The molecule has 18 heavy (non-hydrogen) atoms. The topological polar surface area (TPSA) is 60.4 Å². The van der Waals surface area contributed by atoms with Crippen LogP contribution in [0.4, 0.5) is 0 Å². The van der Waals surface area contributed by atoms with E-state index in [-0.39, 0.29) is 28.0 Å². The fourth-order valence-electron chi connectivity index (χ4n) is 1.13. The molecule has 1 rings (SSSR count). The van der Waals surface area contributed by atoms with Gasteiger partial charge in [0.05, 0.1) is 22.1 Å². The molecule has 0 fully saturated rings. The Kier molecular flexibility index (Phi) is 5.01. The quantitative estimate of drug-likeness (QED) is 0.633. The highest BCUT2D eigenvalue weighted by Crippen LogP contribution is 2.23. The summed E-state index contributed by atoms with van der Waals surface area (Å²) in [5, 5.41) is 0.118. The van der Waals surface area contributed by atoms with Crippen LogP contribution in [-0.4, -0.2) is 21.0 Å². The Bertz CT molecular complexity index is 552. The molecule has 1 aromatic rings. The number of carbonyl (C=O) groups is 1. The fourth-order valence-corrected chi connectivity index (χ4v) is 2.10. The molecule has 0 aromatic heterocycles. The van der Waals surface area contributed by atoms with E-state index >= 15 is 0 Å². The minimum Gasteiger partial charge on any atom is -0.462 e. The SMILES string of the molecule is CC(C)COC(=O)c1cc(S(=O)(=O)Cl)ccc1Cl. The third-order valence-electron chi connectivity index (χ3n) is 1.99. The summed E-state index contributed by atoms with van der Waals surface area (Å²) in [6.07, 6.45) is 0. The highest BCUT2D eigenvalue weighted by atomic mass is 35.7. The van der Waals surface area contributed by atoms with Gasteiger partial charge in [0, 0.05) is 10.7 Å². The summed E-state index contributed by atoms with van der Waals surface area (Å²) in [6, 6.07) is 3.63. The third-order valence-corrected chi connectivity index (χ3v) is 3.67. The monoisotopic (exact) mass is 310 g/mol. The van der Waals surface area contributed by atoms with Crippen LogP contribution in [0.2, 0.25) is 5.02 Å². The van der Waals surface area contributed by atoms with Gasteiger partial charge in [-0.2, -0.15) is 0 Å². The first-order valence-electron chi connectivity index (χ1n) is 5.13. The average molecular weight is 311 g/mol. The summed E-state index contributed by atoms with van der Waals surface area (Å²) in [5.74, 6) is -0.497. The molecule has 0 aliphatic heterocycles. The van der Waals surface area contributed by atoms with Crippen molar-refractivity contribution in [3.63, 3.8) is 0 Å². The number of esters is 1. The number of rotatable bonds is 4. The number of carbonyl (C=O) groups excluding carboxylic acids is 1. The highest BCUT2D eigenvalue weighted by Gasteiger charge is 2.18. The van der Waals surface area contributed by atoms with Gasteiger partial charge in [-0.1, -0.05) is 25.4 Å². The van der Waals surface area contributed by atoms with E-state index in [0.29, 0.717) is 0 Å². The molecule has 0 heterocycles. The Morgan fingerprint density at radius 3 is 2.50 bits per heavy atom. The van der Waals surface area contributed by atoms with Gasteiger partial charge >= 0.3 is 5.97 Å². The van der Waals surface area contributed by atoms with Crippen molar-refractivity contribution >= 4 is 37.3 Å². The van der Waals surface area contributed by atoms with Crippen molar-refractivity contribution in [1.82, 2.24) is 0 Å². The van der Waals surface area contributed by atoms with E-state index < -0.39 is 15.0 Å². The molecule has 0 spiro atoms. The molecule has 0 amide bonds. The van der Waals surface area contributed by atoms with Gasteiger partial charge in [-0.05, 0) is 24.1 Å². The smallest absolute Gasteiger partial charge is 0.339 e. The van der Waals surface area contributed by atoms with Crippen molar-refractivity contribution in [3.8, 4) is 0 Å². The highest BCUT2D eigenvalue weighted by molar-refractivity contribution is 8.13. The van der Waals surface area contributed by atoms with E-state index in [4.69, 9.17) is 27.0 Å². The number of benzene rings is 1. The zero-order valence-electron chi connectivity index (χ0n) is 9.81. The maximum Gasteiger partial charge on any atom is 0.339 e. The summed E-state index contributed by atoms with van der Waals surface area (Å²) in [7, 11) is 1.29. The van der Waals surface area contributed by atoms with Gasteiger partial charge in [-0.3, -0.25) is 0 Å². The van der Waals surface area contributed by atoms with Crippen LogP contribution in [0.3, 0.4) is 0 Å². The van der Waals surface area contributed by atoms with Crippen LogP contribution in [0.15, 0.2) is 23.1 Å². The standard InChI is InChI=1S/C11H12Cl2O4S/c1-7(2)6-17-11(14)9-5-8(18(13,15)16)3-4-10(9)12/h3-5,7H,6H2,1-2H3. The van der Waals surface area contributed by atoms with Crippen LogP contribution in [0.25, 0.3) is 0 Å². The second kappa shape index (κ2) is 5.91. The molecule has 0 radical (unpaired) electrons. The van der Waals surface area contributed by atoms with Crippen molar-refractivity contribution < 1.29 is 17.9 Å². The first-order chi connectivity index (χ1) is 8.21. The molecule has 1 aromatic carbocycles. The van der Waals surface area contributed by atoms with Crippen LogP contribution in [-0.2, 0) is 13.8 Å². The largest absolute Gasteiger partial charge is 0.462 e. The Morgan fingerprint density at radius 2 is 2.00 bits per heavy atom. The molecule has 0 aliphatic carbocycles. The Morgan fingerprint density at radius 1 is 1.39 bits per heavy atom. The van der Waals surface area contributed by atoms with E-state index in [1.165, 1.54) is 12.1 Å². The zero-order chi connectivity index (χ0) is 13.9. The van der Waals surface area contributed by atoms with E-state index in [1.807, 2.05) is 13.8 Å². The Labute approximate surface area is 115 Å². The molecular formula is C11H12Cl2O4S. The molecule has 0 saturated carbocycles. The lowest BCUT2D eigenvalue weighted by molar-refractivity contribution is 0.0459. The predicted molar refractivity (Wildman–Crippen MR) is 69.6 cm³/mol. The van der Waals surface area contributed by atoms with Gasteiger partial charge in [-0.25, -0.2) is 13.2 Å². The Balaban J connectivity index is 3.05. The second-order valence-electron chi connectivity index (χ2n) is 4.07. The lowest BCUT2D eigenvalue weighted by atomic mass is 10.2. The lowest BCUT2D eigenvalue weighted by Crippen LogP contribution is -2.11. The van der Waals surface area contributed by atoms with Gasteiger partial charge in [-0.15, -0.1) is 0 Å². The lowest BCUT2D eigenvalue weighted by Gasteiger charge is -2.09. The summed E-state index contributed by atoms with van der Waals surface area (Å²) >= 11 is 5.82. The maximum atomic E-state index is 11.7. The van der Waals surface area contributed by atoms with Gasteiger partial charge in [0.25, 0.3) is 9.05 Å². The normalized spacial score (nSPS) is 11.6.